The summed E-state index contributed by atoms with van der Waals surface area (Å²) in [5.74, 6) is 14.1. The highest BCUT2D eigenvalue weighted by molar-refractivity contribution is 7.25. The van der Waals surface area contributed by atoms with Crippen LogP contribution in [0.2, 0.25) is 0 Å². The Morgan fingerprint density at radius 3 is 1.45 bits per heavy atom. The van der Waals surface area contributed by atoms with Crippen molar-refractivity contribution in [3.05, 3.63) is 191 Å². The Bertz CT molecular complexity index is 4720. The van der Waals surface area contributed by atoms with E-state index in [4.69, 9.17) is 5.73 Å². The molecule has 386 valence electrons. The predicted molar refractivity (Wildman–Crippen MR) is 331 cm³/mol. The molecule has 0 bridgehead atoms. The second-order valence-corrected chi connectivity index (χ2v) is 23.0. The predicted octanol–water partition coefficient (Wildman–Crippen LogP) is 15.5. The van der Waals surface area contributed by atoms with Crippen molar-refractivity contribution in [2.75, 3.05) is 11.1 Å². The number of hydrogen-bond donors (Lipinski definition) is 2. The summed E-state index contributed by atoms with van der Waals surface area (Å²) in [6, 6.07) is 41.8. The Morgan fingerprint density at radius 1 is 0.462 bits per heavy atom. The van der Waals surface area contributed by atoms with Crippen LogP contribution in [0.5, 0.6) is 0 Å². The van der Waals surface area contributed by atoms with Gasteiger partial charge < -0.3 is 11.1 Å². The van der Waals surface area contributed by atoms with E-state index < -0.39 is 0 Å². The molecule has 78 heavy (non-hydrogen) atoms. The summed E-state index contributed by atoms with van der Waals surface area (Å²) in [6.07, 6.45) is 7.94. The molecule has 0 aliphatic carbocycles. The molecule has 4 heterocycles. The van der Waals surface area contributed by atoms with Gasteiger partial charge in [-0.15, -0.1) is 22.7 Å². The largest absolute Gasteiger partial charge is 0.399 e. The van der Waals surface area contributed by atoms with Crippen molar-refractivity contribution in [3.8, 4) is 23.7 Å². The van der Waals surface area contributed by atoms with E-state index in [2.05, 4.69) is 87.0 Å². The second kappa shape index (κ2) is 20.9. The molecule has 0 spiro atoms. The average molecular weight is 1060 g/mol. The zero-order valence-corrected chi connectivity index (χ0v) is 45.9. The van der Waals surface area contributed by atoms with Crippen molar-refractivity contribution in [1.29, 1.82) is 0 Å². The van der Waals surface area contributed by atoms with Crippen LogP contribution in [0.25, 0.3) is 83.4 Å². The van der Waals surface area contributed by atoms with Crippen LogP contribution in [0.1, 0.15) is 101 Å². The van der Waals surface area contributed by atoms with Gasteiger partial charge in [0.15, 0.2) is 0 Å². The van der Waals surface area contributed by atoms with E-state index in [-0.39, 0.29) is 34.1 Å². The molecular weight excluding hydrogens is 1000 g/mol. The van der Waals surface area contributed by atoms with E-state index >= 15 is 0 Å². The number of hydrogen-bond acceptors (Lipinski definition) is 8. The van der Waals surface area contributed by atoms with E-state index in [1.807, 2.05) is 97.1 Å². The number of nitrogens with two attached hydrogens (primary N) is 1. The normalized spacial score (nSPS) is 12.6. The Morgan fingerprint density at radius 2 is 0.923 bits per heavy atom. The van der Waals surface area contributed by atoms with Gasteiger partial charge in [-0.1, -0.05) is 120 Å². The zero-order chi connectivity index (χ0) is 53.8. The molecule has 0 saturated heterocycles. The van der Waals surface area contributed by atoms with Gasteiger partial charge >= 0.3 is 0 Å². The molecule has 8 aromatic carbocycles. The summed E-state index contributed by atoms with van der Waals surface area (Å²) in [6.45, 7) is 9.39. The van der Waals surface area contributed by atoms with Crippen molar-refractivity contribution < 1.29 is 0 Å². The third kappa shape index (κ3) is 8.93. The van der Waals surface area contributed by atoms with E-state index in [0.29, 0.717) is 45.7 Å². The lowest BCUT2D eigenvalue weighted by Crippen LogP contribution is -2.35. The molecule has 4 aromatic heterocycles. The summed E-state index contributed by atoms with van der Waals surface area (Å²) < 4.78 is 6.98. The van der Waals surface area contributed by atoms with Gasteiger partial charge in [0.25, 0.3) is 22.2 Å². The van der Waals surface area contributed by atoms with Crippen LogP contribution in [0.4, 0.5) is 17.1 Å². The van der Waals surface area contributed by atoms with Gasteiger partial charge in [-0.3, -0.25) is 28.3 Å². The third-order valence-corrected chi connectivity index (χ3v) is 18.4. The van der Waals surface area contributed by atoms with Crippen LogP contribution < -0.4 is 33.3 Å². The fourth-order valence-electron chi connectivity index (χ4n) is 11.6. The van der Waals surface area contributed by atoms with Gasteiger partial charge in [-0.05, 0) is 138 Å². The maximum atomic E-state index is 14.6. The second-order valence-electron chi connectivity index (χ2n) is 20.9. The molecule has 12 aromatic rings. The minimum absolute atomic E-state index is 0.220. The highest BCUT2D eigenvalue weighted by Crippen LogP contribution is 2.44. The molecule has 0 saturated carbocycles. The molecule has 0 amide bonds. The van der Waals surface area contributed by atoms with Gasteiger partial charge in [-0.25, -0.2) is 0 Å². The monoisotopic (exact) mass is 1060 g/mol. The van der Waals surface area contributed by atoms with Crippen LogP contribution in [0.3, 0.4) is 0 Å². The lowest BCUT2D eigenvalue weighted by Gasteiger charge is -2.19. The topological polar surface area (TPSA) is 116 Å². The number of benzene rings is 8. The van der Waals surface area contributed by atoms with Crippen molar-refractivity contribution in [1.82, 2.24) is 9.13 Å². The molecule has 2 unspecified atom stereocenters. The first kappa shape index (κ1) is 50.5. The lowest BCUT2D eigenvalue weighted by atomic mass is 9.94. The third-order valence-electron chi connectivity index (χ3n) is 16.0. The van der Waals surface area contributed by atoms with Crippen LogP contribution >= 0.6 is 22.7 Å². The van der Waals surface area contributed by atoms with E-state index in [1.54, 1.807) is 22.7 Å². The first-order valence-electron chi connectivity index (χ1n) is 27.4. The molecule has 10 heteroatoms. The van der Waals surface area contributed by atoms with Crippen LogP contribution in [0.15, 0.2) is 147 Å². The Kier molecular flexibility index (Phi) is 13.6. The fraction of sp³-hybridized carbons (Fsp3) is 0.235. The molecule has 8 nitrogen and oxygen atoms in total. The van der Waals surface area contributed by atoms with E-state index in [0.717, 1.165) is 141 Å². The smallest absolute Gasteiger partial charge is 0.261 e. The summed E-state index contributed by atoms with van der Waals surface area (Å²) >= 11 is 3.26. The molecule has 3 N–H and O–H groups in total. The molecule has 0 aliphatic rings. The van der Waals surface area contributed by atoms with Crippen LogP contribution in [-0.4, -0.2) is 9.13 Å². The first-order valence-corrected chi connectivity index (χ1v) is 29.0. The van der Waals surface area contributed by atoms with Crippen molar-refractivity contribution in [2.24, 2.45) is 11.8 Å². The Labute approximate surface area is 459 Å². The van der Waals surface area contributed by atoms with Gasteiger partial charge in [0, 0.05) is 110 Å². The lowest BCUT2D eigenvalue weighted by molar-refractivity contribution is 0.382. The first-order chi connectivity index (χ1) is 38.0. The van der Waals surface area contributed by atoms with E-state index in [1.165, 1.54) is 9.13 Å². The molecule has 0 radical (unpaired) electrons. The number of nitrogens with zero attached hydrogens (tertiary/aromatic N) is 2. The quantitative estimate of drug-likeness (QED) is 0.0485. The highest BCUT2D eigenvalue weighted by atomic mass is 32.1. The van der Waals surface area contributed by atoms with Gasteiger partial charge in [-0.2, -0.15) is 0 Å². The van der Waals surface area contributed by atoms with Gasteiger partial charge in [0.1, 0.15) is 0 Å². The SMILES string of the molecule is CCCCC(CC)Cn1c(=O)c2ccc3c4ccccc4sc4c(C#Cc5ccc(Nc6ccc7sc8c(C#Cc9ccc(N)cc9)cc9c(=O)n(CC(CC)CCCC)c(=O)c%10ccc(c7c6)c8c%109)cc5)cc(c1=O)c2c43. The minimum atomic E-state index is -0.271. The number of nitrogens with one attached hydrogen (secondary N) is 1. The standard InChI is InChI=1S/C68H58N4O4S2/c1-5-9-13-40(7-3)38-71-65(73)52-32-30-50-49-15-11-12-16-57(49)77-63-44(35-55(67(71)75)59(52)61(50)63)24-18-43-21-27-47(28-22-43)70-48-29-34-58-54(37-48)51-31-33-53-60-56(68(76)72(66(53)74)39-41(8-4)14-10-6-2)36-45(64(78-58)62(51)60)23-17-42-19-25-46(69)26-20-42/h11-12,15-16,19-22,25-37,40-41,70H,5-10,13-14,38-39,69H2,1-4H3. The summed E-state index contributed by atoms with van der Waals surface area (Å²) in [4.78, 5) is 57.8. The molecular formula is C68H58N4O4S2. The maximum Gasteiger partial charge on any atom is 0.261 e. The molecule has 12 rings (SSSR count). The van der Waals surface area contributed by atoms with Crippen LogP contribution in [-0.2, 0) is 13.1 Å². The minimum Gasteiger partial charge on any atom is -0.399 e. The Balaban J connectivity index is 0.923. The highest BCUT2D eigenvalue weighted by Gasteiger charge is 2.24. The number of anilines is 3. The van der Waals surface area contributed by atoms with Crippen LogP contribution in [0, 0.1) is 35.5 Å². The maximum absolute atomic E-state index is 14.6. The number of unbranched alkanes of at least 4 members (excludes halogenated alkanes) is 2. The Hall–Kier alpha value is -8.28. The number of rotatable bonds is 14. The number of fused-ring (bicyclic) bond motifs is 4. The number of aromatic nitrogens is 2. The van der Waals surface area contributed by atoms with Crippen molar-refractivity contribution >= 4 is 123 Å². The summed E-state index contributed by atoms with van der Waals surface area (Å²) in [5, 5.41) is 13.0. The number of nitrogen functional groups attached to an aromatic ring is 1. The average Bonchev–Trinajstić information content (AvgIpc) is 3.25. The molecule has 2 atom stereocenters. The number of pyridine rings is 2. The molecule has 0 aliphatic heterocycles. The molecule has 0 fully saturated rings. The van der Waals surface area contributed by atoms with Gasteiger partial charge in [0.2, 0.25) is 0 Å². The fourth-order valence-corrected chi connectivity index (χ4v) is 14.0. The van der Waals surface area contributed by atoms with Crippen molar-refractivity contribution in [3.63, 3.8) is 0 Å². The summed E-state index contributed by atoms with van der Waals surface area (Å²) in [7, 11) is 0. The van der Waals surface area contributed by atoms with E-state index in [9.17, 15) is 19.2 Å². The van der Waals surface area contributed by atoms with Crippen molar-refractivity contribution in [2.45, 2.75) is 92.2 Å². The summed E-state index contributed by atoms with van der Waals surface area (Å²) in [5.41, 5.74) is 10.5. The zero-order valence-electron chi connectivity index (χ0n) is 44.3. The van der Waals surface area contributed by atoms with Gasteiger partial charge in [0.05, 0.1) is 9.40 Å².